The predicted molar refractivity (Wildman–Crippen MR) is 108 cm³/mol. The van der Waals surface area contributed by atoms with Gasteiger partial charge in [0.1, 0.15) is 0 Å². The first-order chi connectivity index (χ1) is 12.6. The number of rotatable bonds is 4. The fourth-order valence-electron chi connectivity index (χ4n) is 3.49. The third-order valence-electron chi connectivity index (χ3n) is 4.87. The Kier molecular flexibility index (Phi) is 4.37. The number of hydrogen-bond donors (Lipinski definition) is 0. The van der Waals surface area contributed by atoms with E-state index in [-0.39, 0.29) is 11.8 Å². The number of nitrogens with zero attached hydrogens (tertiary/aromatic N) is 1. The minimum atomic E-state index is -0.271. The van der Waals surface area contributed by atoms with Crippen LogP contribution >= 0.6 is 15.9 Å². The number of aryl methyl sites for hydroxylation is 1. The van der Waals surface area contributed by atoms with E-state index in [1.807, 2.05) is 42.5 Å². The number of anilines is 1. The Morgan fingerprint density at radius 2 is 1.58 bits per heavy atom. The standard InChI is InChI=1S/C22H18BrNO2/c1-2-3-5-14-8-10-15(11-9-14)24-21(25)17-7-4-6-16-19(23)13-12-18(20(16)17)22(24)26/h4,6-13H,2-3,5H2,1H3. The second kappa shape index (κ2) is 6.69. The summed E-state index contributed by atoms with van der Waals surface area (Å²) < 4.78 is 0.882. The SMILES string of the molecule is CCCCc1ccc(N2C(=O)c3cccc4c(Br)ccc(c34)C2=O)cc1. The Labute approximate surface area is 160 Å². The highest BCUT2D eigenvalue weighted by Gasteiger charge is 2.34. The summed E-state index contributed by atoms with van der Waals surface area (Å²) in [5.74, 6) is -0.542. The first-order valence-corrected chi connectivity index (χ1v) is 9.60. The van der Waals surface area contributed by atoms with Crippen molar-refractivity contribution in [1.82, 2.24) is 0 Å². The quantitative estimate of drug-likeness (QED) is 0.516. The van der Waals surface area contributed by atoms with E-state index in [1.54, 1.807) is 12.1 Å². The molecular weight excluding hydrogens is 390 g/mol. The Morgan fingerprint density at radius 1 is 0.885 bits per heavy atom. The van der Waals surface area contributed by atoms with Crippen LogP contribution in [0.15, 0.2) is 59.1 Å². The number of unbranched alkanes of at least 4 members (excludes halogenated alkanes) is 1. The van der Waals surface area contributed by atoms with Crippen molar-refractivity contribution in [3.05, 3.63) is 75.8 Å². The smallest absolute Gasteiger partial charge is 0.265 e. The van der Waals surface area contributed by atoms with Gasteiger partial charge in [-0.1, -0.05) is 53.5 Å². The molecule has 0 aliphatic carbocycles. The minimum absolute atomic E-state index is 0.271. The number of imide groups is 1. The third-order valence-corrected chi connectivity index (χ3v) is 5.56. The van der Waals surface area contributed by atoms with Crippen LogP contribution in [0.1, 0.15) is 46.0 Å². The van der Waals surface area contributed by atoms with E-state index in [4.69, 9.17) is 0 Å². The summed E-state index contributed by atoms with van der Waals surface area (Å²) in [6, 6.07) is 16.9. The van der Waals surface area contributed by atoms with Crippen LogP contribution < -0.4 is 4.90 Å². The number of benzene rings is 3. The maximum absolute atomic E-state index is 13.1. The van der Waals surface area contributed by atoms with Crippen molar-refractivity contribution >= 4 is 44.2 Å². The Hall–Kier alpha value is -2.46. The molecule has 0 bridgehead atoms. The molecule has 0 spiro atoms. The summed E-state index contributed by atoms with van der Waals surface area (Å²) in [6.45, 7) is 2.16. The van der Waals surface area contributed by atoms with Gasteiger partial charge >= 0.3 is 0 Å². The maximum Gasteiger partial charge on any atom is 0.265 e. The Bertz CT molecular complexity index is 1000. The summed E-state index contributed by atoms with van der Waals surface area (Å²) in [6.07, 6.45) is 3.28. The highest BCUT2D eigenvalue weighted by Crippen LogP contribution is 2.36. The number of amides is 2. The van der Waals surface area contributed by atoms with Crippen molar-refractivity contribution in [2.24, 2.45) is 0 Å². The van der Waals surface area contributed by atoms with Gasteiger partial charge in [0, 0.05) is 21.0 Å². The number of carbonyl (C=O) groups excluding carboxylic acids is 2. The molecule has 130 valence electrons. The lowest BCUT2D eigenvalue weighted by atomic mass is 9.93. The molecule has 0 fully saturated rings. The molecule has 0 aromatic heterocycles. The fourth-order valence-corrected chi connectivity index (χ4v) is 3.95. The topological polar surface area (TPSA) is 37.4 Å². The Balaban J connectivity index is 1.79. The lowest BCUT2D eigenvalue weighted by Gasteiger charge is -2.27. The number of halogens is 1. The average Bonchev–Trinajstić information content (AvgIpc) is 2.66. The van der Waals surface area contributed by atoms with Crippen molar-refractivity contribution in [2.45, 2.75) is 26.2 Å². The van der Waals surface area contributed by atoms with Crippen LogP contribution in [0.2, 0.25) is 0 Å². The zero-order valence-corrected chi connectivity index (χ0v) is 16.0. The lowest BCUT2D eigenvalue weighted by molar-refractivity contribution is 0.0893. The molecule has 1 aliphatic heterocycles. The monoisotopic (exact) mass is 407 g/mol. The summed E-state index contributed by atoms with van der Waals surface area (Å²) >= 11 is 3.51. The minimum Gasteiger partial charge on any atom is -0.268 e. The molecule has 0 radical (unpaired) electrons. The molecule has 2 amide bonds. The number of hydrogen-bond acceptors (Lipinski definition) is 2. The molecule has 4 rings (SSSR count). The predicted octanol–water partition coefficient (Wildman–Crippen LogP) is 5.75. The highest BCUT2D eigenvalue weighted by molar-refractivity contribution is 9.10. The first kappa shape index (κ1) is 17.0. The molecule has 0 saturated heterocycles. The highest BCUT2D eigenvalue weighted by atomic mass is 79.9. The van der Waals surface area contributed by atoms with Gasteiger partial charge in [-0.2, -0.15) is 0 Å². The Morgan fingerprint density at radius 3 is 2.27 bits per heavy atom. The van der Waals surface area contributed by atoms with Gasteiger partial charge in [-0.05, 0) is 54.1 Å². The van der Waals surface area contributed by atoms with E-state index < -0.39 is 0 Å². The van der Waals surface area contributed by atoms with E-state index in [2.05, 4.69) is 22.9 Å². The van der Waals surface area contributed by atoms with Crippen LogP contribution in [-0.2, 0) is 6.42 Å². The van der Waals surface area contributed by atoms with Crippen molar-refractivity contribution in [3.8, 4) is 0 Å². The molecule has 0 atom stereocenters. The van der Waals surface area contributed by atoms with Crippen LogP contribution in [0.5, 0.6) is 0 Å². The molecule has 3 aromatic rings. The zero-order chi connectivity index (χ0) is 18.3. The summed E-state index contributed by atoms with van der Waals surface area (Å²) in [7, 11) is 0. The molecule has 0 N–H and O–H groups in total. The lowest BCUT2D eigenvalue weighted by Crippen LogP contribution is -2.40. The average molecular weight is 408 g/mol. The van der Waals surface area contributed by atoms with Gasteiger partial charge in [-0.25, -0.2) is 4.90 Å². The van der Waals surface area contributed by atoms with Crippen LogP contribution in [0.4, 0.5) is 5.69 Å². The van der Waals surface area contributed by atoms with Gasteiger partial charge in [-0.3, -0.25) is 9.59 Å². The maximum atomic E-state index is 13.1. The molecule has 4 heteroatoms. The van der Waals surface area contributed by atoms with E-state index in [9.17, 15) is 9.59 Å². The van der Waals surface area contributed by atoms with Crippen molar-refractivity contribution in [2.75, 3.05) is 4.90 Å². The van der Waals surface area contributed by atoms with Gasteiger partial charge in [0.2, 0.25) is 0 Å². The van der Waals surface area contributed by atoms with Gasteiger partial charge in [-0.15, -0.1) is 0 Å². The van der Waals surface area contributed by atoms with Crippen LogP contribution in [0.25, 0.3) is 10.8 Å². The molecule has 1 heterocycles. The molecule has 26 heavy (non-hydrogen) atoms. The van der Waals surface area contributed by atoms with Gasteiger partial charge in [0.15, 0.2) is 0 Å². The summed E-state index contributed by atoms with van der Waals surface area (Å²) in [4.78, 5) is 27.4. The van der Waals surface area contributed by atoms with E-state index in [0.29, 0.717) is 16.8 Å². The molecule has 1 aliphatic rings. The second-order valence-corrected chi connectivity index (χ2v) is 7.39. The summed E-state index contributed by atoms with van der Waals surface area (Å²) in [5, 5.41) is 1.61. The van der Waals surface area contributed by atoms with Gasteiger partial charge < -0.3 is 0 Å². The molecule has 3 nitrogen and oxygen atoms in total. The number of carbonyl (C=O) groups is 2. The largest absolute Gasteiger partial charge is 0.268 e. The van der Waals surface area contributed by atoms with Crippen LogP contribution in [0.3, 0.4) is 0 Å². The molecule has 0 saturated carbocycles. The van der Waals surface area contributed by atoms with Crippen LogP contribution in [-0.4, -0.2) is 11.8 Å². The molecular formula is C22H18BrNO2. The third kappa shape index (κ3) is 2.65. The van der Waals surface area contributed by atoms with Crippen LogP contribution in [0, 0.1) is 0 Å². The molecule has 0 unspecified atom stereocenters. The van der Waals surface area contributed by atoms with Crippen molar-refractivity contribution in [3.63, 3.8) is 0 Å². The van der Waals surface area contributed by atoms with E-state index >= 15 is 0 Å². The normalized spacial score (nSPS) is 13.5. The van der Waals surface area contributed by atoms with Gasteiger partial charge in [0.05, 0.1) is 5.69 Å². The van der Waals surface area contributed by atoms with Crippen molar-refractivity contribution in [1.29, 1.82) is 0 Å². The van der Waals surface area contributed by atoms with E-state index in [0.717, 1.165) is 34.5 Å². The van der Waals surface area contributed by atoms with Gasteiger partial charge in [0.25, 0.3) is 11.8 Å². The molecule has 3 aromatic carbocycles. The van der Waals surface area contributed by atoms with E-state index in [1.165, 1.54) is 10.5 Å². The fraction of sp³-hybridized carbons (Fsp3) is 0.182. The zero-order valence-electron chi connectivity index (χ0n) is 14.5. The summed E-state index contributed by atoms with van der Waals surface area (Å²) in [5.41, 5.74) is 2.96. The van der Waals surface area contributed by atoms with Crippen molar-refractivity contribution < 1.29 is 9.59 Å². The first-order valence-electron chi connectivity index (χ1n) is 8.80. The second-order valence-electron chi connectivity index (χ2n) is 6.54.